The first-order valence-corrected chi connectivity index (χ1v) is 18.3. The highest BCUT2D eigenvalue weighted by molar-refractivity contribution is 7.86. The van der Waals surface area contributed by atoms with Gasteiger partial charge in [0.15, 0.2) is 7.14 Å². The Bertz CT molecular complexity index is 2800. The number of rotatable bonds is 4. The van der Waals surface area contributed by atoms with Gasteiger partial charge in [0.05, 0.1) is 16.7 Å². The highest BCUT2D eigenvalue weighted by Crippen LogP contribution is 2.50. The van der Waals surface area contributed by atoms with E-state index in [2.05, 4.69) is 114 Å². The van der Waals surface area contributed by atoms with E-state index in [0.29, 0.717) is 0 Å². The summed E-state index contributed by atoms with van der Waals surface area (Å²) < 4.78 is 18.0. The molecule has 0 amide bonds. The van der Waals surface area contributed by atoms with Gasteiger partial charge < -0.3 is 4.57 Å². The van der Waals surface area contributed by atoms with Crippen molar-refractivity contribution in [2.45, 2.75) is 0 Å². The fourth-order valence-corrected chi connectivity index (χ4v) is 10.6. The number of aromatic nitrogens is 2. The SMILES string of the molecule is O=P1(c2ccccc2)c2cc(-c3ccc4cc(-c5ccc6ccccc6c5)ccc4c3)ccc2-n2c(-c3ccccc3)nc3cccc1c32. The Morgan fingerprint density at radius 1 is 0.429 bits per heavy atom. The molecule has 1 unspecified atom stereocenters. The molecular formula is C45H29N2OP. The highest BCUT2D eigenvalue weighted by Gasteiger charge is 2.40. The van der Waals surface area contributed by atoms with Crippen LogP contribution < -0.4 is 15.9 Å². The average molecular weight is 645 g/mol. The van der Waals surface area contributed by atoms with Crippen molar-refractivity contribution in [1.82, 2.24) is 9.55 Å². The summed E-state index contributed by atoms with van der Waals surface area (Å²) in [6, 6.07) is 61.2. The van der Waals surface area contributed by atoms with Crippen molar-refractivity contribution in [2.24, 2.45) is 0 Å². The summed E-state index contributed by atoms with van der Waals surface area (Å²) in [5.74, 6) is 0.851. The first-order valence-electron chi connectivity index (χ1n) is 16.6. The predicted molar refractivity (Wildman–Crippen MR) is 205 cm³/mol. The largest absolute Gasteiger partial charge is 0.308 e. The summed E-state index contributed by atoms with van der Waals surface area (Å²) >= 11 is 0. The Labute approximate surface area is 284 Å². The zero-order chi connectivity index (χ0) is 32.5. The molecule has 0 saturated heterocycles. The summed E-state index contributed by atoms with van der Waals surface area (Å²) in [7, 11) is -3.26. The molecule has 1 atom stereocenters. The van der Waals surface area contributed by atoms with Gasteiger partial charge in [-0.2, -0.15) is 0 Å². The topological polar surface area (TPSA) is 34.9 Å². The Morgan fingerprint density at radius 3 is 1.67 bits per heavy atom. The van der Waals surface area contributed by atoms with E-state index in [4.69, 9.17) is 4.98 Å². The zero-order valence-electron chi connectivity index (χ0n) is 26.5. The molecule has 8 aromatic carbocycles. The molecule has 1 aromatic heterocycles. The van der Waals surface area contributed by atoms with Crippen molar-refractivity contribution in [3.05, 3.63) is 176 Å². The van der Waals surface area contributed by atoms with Gasteiger partial charge in [-0.05, 0) is 86.3 Å². The fourth-order valence-electron chi connectivity index (χ4n) is 7.54. The second-order valence-electron chi connectivity index (χ2n) is 12.8. The summed E-state index contributed by atoms with van der Waals surface area (Å²) in [6.45, 7) is 0. The van der Waals surface area contributed by atoms with Crippen LogP contribution in [0.1, 0.15) is 0 Å². The molecule has 0 saturated carbocycles. The van der Waals surface area contributed by atoms with Gasteiger partial charge >= 0.3 is 0 Å². The van der Waals surface area contributed by atoms with Crippen LogP contribution in [0.4, 0.5) is 0 Å². The van der Waals surface area contributed by atoms with E-state index in [1.807, 2.05) is 66.7 Å². The minimum absolute atomic E-state index is 0.828. The van der Waals surface area contributed by atoms with E-state index >= 15 is 4.57 Å². The first kappa shape index (κ1) is 28.0. The van der Waals surface area contributed by atoms with E-state index in [1.165, 1.54) is 32.7 Å². The molecule has 0 bridgehead atoms. The van der Waals surface area contributed by atoms with E-state index in [9.17, 15) is 0 Å². The van der Waals surface area contributed by atoms with Gasteiger partial charge in [-0.1, -0.05) is 133 Å². The molecule has 9 aromatic rings. The van der Waals surface area contributed by atoms with Crippen LogP contribution in [0.3, 0.4) is 0 Å². The number of benzene rings is 8. The van der Waals surface area contributed by atoms with Crippen molar-refractivity contribution < 1.29 is 4.57 Å². The summed E-state index contributed by atoms with van der Waals surface area (Å²) in [5, 5.41) is 7.33. The molecule has 3 nitrogen and oxygen atoms in total. The first-order chi connectivity index (χ1) is 24.1. The lowest BCUT2D eigenvalue weighted by Gasteiger charge is -2.29. The number of nitrogens with zero attached hydrogens (tertiary/aromatic N) is 2. The summed E-state index contributed by atoms with van der Waals surface area (Å²) in [6.07, 6.45) is 0. The molecule has 0 fully saturated rings. The molecule has 10 rings (SSSR count). The quantitative estimate of drug-likeness (QED) is 0.179. The Kier molecular flexibility index (Phi) is 6.15. The van der Waals surface area contributed by atoms with Crippen molar-refractivity contribution in [3.63, 3.8) is 0 Å². The van der Waals surface area contributed by atoms with Gasteiger partial charge in [0.1, 0.15) is 5.82 Å². The van der Waals surface area contributed by atoms with Gasteiger partial charge in [0.2, 0.25) is 0 Å². The molecule has 2 heterocycles. The maximum absolute atomic E-state index is 15.8. The number of imidazole rings is 1. The minimum Gasteiger partial charge on any atom is -0.308 e. The van der Waals surface area contributed by atoms with Crippen LogP contribution in [0.2, 0.25) is 0 Å². The number of hydrogen-bond acceptors (Lipinski definition) is 2. The lowest BCUT2D eigenvalue weighted by molar-refractivity contribution is 0.592. The Balaban J connectivity index is 1.14. The highest BCUT2D eigenvalue weighted by atomic mass is 31.2. The molecular weight excluding hydrogens is 615 g/mol. The smallest absolute Gasteiger partial charge is 0.175 e. The van der Waals surface area contributed by atoms with E-state index < -0.39 is 7.14 Å². The van der Waals surface area contributed by atoms with Crippen LogP contribution in [0.15, 0.2) is 176 Å². The van der Waals surface area contributed by atoms with Crippen molar-refractivity contribution in [1.29, 1.82) is 0 Å². The van der Waals surface area contributed by atoms with Crippen molar-refractivity contribution in [2.75, 3.05) is 0 Å². The van der Waals surface area contributed by atoms with Crippen LogP contribution in [0.5, 0.6) is 0 Å². The third-order valence-electron chi connectivity index (χ3n) is 9.96. The van der Waals surface area contributed by atoms with Crippen LogP contribution in [0, 0.1) is 0 Å². The lowest BCUT2D eigenvalue weighted by Crippen LogP contribution is -2.33. The third-order valence-corrected chi connectivity index (χ3v) is 13.1. The fraction of sp³-hybridized carbons (Fsp3) is 0. The molecule has 4 heteroatoms. The van der Waals surface area contributed by atoms with Gasteiger partial charge in [0, 0.05) is 21.5 Å². The predicted octanol–water partition coefficient (Wildman–Crippen LogP) is 10.3. The standard InChI is InChI=1S/C45H29N2OP/c48-49(39-14-5-2-6-15-39)42-17-9-16-40-44(42)47(45(46-40)31-11-3-1-4-12-31)41-25-24-38(29-43(41)49)37-23-22-35-27-34(20-21-36(35)28-37)33-19-18-30-10-7-8-13-32(30)26-33/h1-29H. The van der Waals surface area contributed by atoms with E-state index in [0.717, 1.165) is 55.1 Å². The second-order valence-corrected chi connectivity index (χ2v) is 15.5. The van der Waals surface area contributed by atoms with Crippen molar-refractivity contribution >= 4 is 55.6 Å². The van der Waals surface area contributed by atoms with Gasteiger partial charge in [0.25, 0.3) is 0 Å². The molecule has 49 heavy (non-hydrogen) atoms. The summed E-state index contributed by atoms with van der Waals surface area (Å²) in [4.78, 5) is 5.11. The van der Waals surface area contributed by atoms with Gasteiger partial charge in [-0.15, -0.1) is 0 Å². The normalized spacial score (nSPS) is 15.1. The summed E-state index contributed by atoms with van der Waals surface area (Å²) in [5.41, 5.74) is 8.23. The van der Waals surface area contributed by atoms with Crippen LogP contribution in [-0.4, -0.2) is 9.55 Å². The average Bonchev–Trinajstić information content (AvgIpc) is 3.57. The Hall–Kier alpha value is -6.02. The Morgan fingerprint density at radius 2 is 0.980 bits per heavy atom. The molecule has 230 valence electrons. The lowest BCUT2D eigenvalue weighted by atomic mass is 9.96. The molecule has 0 spiro atoms. The number of fused-ring (bicyclic) bond motifs is 4. The van der Waals surface area contributed by atoms with Gasteiger partial charge in [-0.25, -0.2) is 4.98 Å². The zero-order valence-corrected chi connectivity index (χ0v) is 27.4. The maximum Gasteiger partial charge on any atom is 0.175 e. The van der Waals surface area contributed by atoms with Crippen LogP contribution in [0.25, 0.3) is 71.9 Å². The van der Waals surface area contributed by atoms with Gasteiger partial charge in [-0.3, -0.25) is 4.57 Å². The molecule has 1 aliphatic rings. The minimum atomic E-state index is -3.26. The van der Waals surface area contributed by atoms with E-state index in [1.54, 1.807) is 0 Å². The molecule has 0 radical (unpaired) electrons. The maximum atomic E-state index is 15.8. The van der Waals surface area contributed by atoms with E-state index in [-0.39, 0.29) is 0 Å². The number of para-hydroxylation sites is 1. The second kappa shape index (κ2) is 10.8. The molecule has 0 N–H and O–H groups in total. The molecule has 1 aliphatic heterocycles. The van der Waals surface area contributed by atoms with Crippen molar-refractivity contribution in [3.8, 4) is 39.3 Å². The van der Waals surface area contributed by atoms with Crippen LogP contribution in [-0.2, 0) is 4.57 Å². The monoisotopic (exact) mass is 644 g/mol. The molecule has 0 aliphatic carbocycles. The third kappa shape index (κ3) is 4.30. The van der Waals surface area contributed by atoms with Crippen LogP contribution >= 0.6 is 7.14 Å². The number of hydrogen-bond donors (Lipinski definition) is 0.